The Balaban J connectivity index is 1.62. The second kappa shape index (κ2) is 5.89. The van der Waals surface area contributed by atoms with Crippen LogP contribution in [0.25, 0.3) is 0 Å². The molecule has 1 heterocycles. The Kier molecular flexibility index (Phi) is 3.74. The molecule has 0 bridgehead atoms. The van der Waals surface area contributed by atoms with E-state index in [0.29, 0.717) is 12.0 Å². The number of likely N-dealkylation sites (tertiary alicyclic amines) is 1. The second-order valence-electron chi connectivity index (χ2n) is 6.81. The maximum Gasteiger partial charge on any atom is 0.160 e. The van der Waals surface area contributed by atoms with Crippen LogP contribution in [0.1, 0.15) is 41.9 Å². The van der Waals surface area contributed by atoms with E-state index >= 15 is 0 Å². The number of phenols is 2. The van der Waals surface area contributed by atoms with Crippen LogP contribution >= 0.6 is 0 Å². The molecule has 1 unspecified atom stereocenters. The number of benzene rings is 2. The van der Waals surface area contributed by atoms with Crippen molar-refractivity contribution in [2.75, 3.05) is 6.54 Å². The summed E-state index contributed by atoms with van der Waals surface area (Å²) in [7, 11) is 0. The van der Waals surface area contributed by atoms with Crippen molar-refractivity contribution in [1.82, 2.24) is 4.90 Å². The highest BCUT2D eigenvalue weighted by molar-refractivity contribution is 5.51. The third-order valence-corrected chi connectivity index (χ3v) is 5.51. The van der Waals surface area contributed by atoms with Crippen molar-refractivity contribution in [2.24, 2.45) is 0 Å². The number of phenolic OH excluding ortho intramolecular Hbond substituents is 2. The topological polar surface area (TPSA) is 43.7 Å². The Labute approximate surface area is 137 Å². The van der Waals surface area contributed by atoms with Gasteiger partial charge in [0, 0.05) is 18.2 Å². The molecule has 1 aliphatic heterocycles. The van der Waals surface area contributed by atoms with E-state index in [-0.39, 0.29) is 11.5 Å². The molecular formula is C20H23NO2. The zero-order valence-corrected chi connectivity index (χ0v) is 13.3. The Morgan fingerprint density at radius 1 is 1.00 bits per heavy atom. The Morgan fingerprint density at radius 2 is 1.83 bits per heavy atom. The molecule has 0 amide bonds. The first-order valence-electron chi connectivity index (χ1n) is 8.55. The molecule has 2 aliphatic rings. The second-order valence-corrected chi connectivity index (χ2v) is 6.81. The largest absolute Gasteiger partial charge is 0.504 e. The highest BCUT2D eigenvalue weighted by atomic mass is 16.3. The molecule has 2 N–H and O–H groups in total. The number of aromatic hydroxyl groups is 2. The summed E-state index contributed by atoms with van der Waals surface area (Å²) in [6.07, 6.45) is 4.27. The van der Waals surface area contributed by atoms with Gasteiger partial charge in [0.05, 0.1) is 0 Å². The monoisotopic (exact) mass is 309 g/mol. The van der Waals surface area contributed by atoms with E-state index in [1.807, 2.05) is 6.07 Å². The number of rotatable bonds is 2. The zero-order chi connectivity index (χ0) is 15.8. The van der Waals surface area contributed by atoms with Crippen LogP contribution in [0.4, 0.5) is 0 Å². The zero-order valence-electron chi connectivity index (χ0n) is 13.3. The summed E-state index contributed by atoms with van der Waals surface area (Å²) in [6.45, 7) is 2.15. The number of fused-ring (bicyclic) bond motifs is 3. The minimum absolute atomic E-state index is 0.0131. The summed E-state index contributed by atoms with van der Waals surface area (Å²) in [6, 6.07) is 14.9. The lowest BCUT2D eigenvalue weighted by Crippen LogP contribution is -2.45. The third kappa shape index (κ3) is 2.59. The minimum Gasteiger partial charge on any atom is -0.504 e. The highest BCUT2D eigenvalue weighted by Gasteiger charge is 2.37. The van der Waals surface area contributed by atoms with Gasteiger partial charge in [0.25, 0.3) is 0 Å². The first-order chi connectivity index (χ1) is 11.2. The van der Waals surface area contributed by atoms with Gasteiger partial charge < -0.3 is 10.2 Å². The molecule has 0 spiro atoms. The molecule has 4 rings (SSSR count). The molecule has 0 radical (unpaired) electrons. The Morgan fingerprint density at radius 3 is 2.65 bits per heavy atom. The molecule has 1 aliphatic carbocycles. The molecule has 120 valence electrons. The van der Waals surface area contributed by atoms with Crippen molar-refractivity contribution < 1.29 is 10.2 Å². The first kappa shape index (κ1) is 14.6. The predicted octanol–water partition coefficient (Wildman–Crippen LogP) is 3.79. The van der Waals surface area contributed by atoms with E-state index in [4.69, 9.17) is 0 Å². The van der Waals surface area contributed by atoms with Crippen LogP contribution in [0.15, 0.2) is 42.5 Å². The number of hydrogen-bond acceptors (Lipinski definition) is 3. The summed E-state index contributed by atoms with van der Waals surface area (Å²) < 4.78 is 0. The molecular weight excluding hydrogens is 286 g/mol. The lowest BCUT2D eigenvalue weighted by molar-refractivity contribution is 0.104. The van der Waals surface area contributed by atoms with Crippen LogP contribution in [0.5, 0.6) is 11.5 Å². The third-order valence-electron chi connectivity index (χ3n) is 5.51. The minimum atomic E-state index is 0.0131. The van der Waals surface area contributed by atoms with Gasteiger partial charge in [-0.2, -0.15) is 0 Å². The van der Waals surface area contributed by atoms with Crippen molar-refractivity contribution in [3.63, 3.8) is 0 Å². The van der Waals surface area contributed by atoms with Gasteiger partial charge in [-0.05, 0) is 55.3 Å². The van der Waals surface area contributed by atoms with Crippen LogP contribution < -0.4 is 0 Å². The average molecular weight is 309 g/mol. The van der Waals surface area contributed by atoms with Gasteiger partial charge in [-0.25, -0.2) is 0 Å². The van der Waals surface area contributed by atoms with Gasteiger partial charge in [-0.3, -0.25) is 4.90 Å². The van der Waals surface area contributed by atoms with Crippen LogP contribution in [-0.2, 0) is 13.0 Å². The molecule has 3 heteroatoms. The molecule has 2 aromatic rings. The van der Waals surface area contributed by atoms with E-state index in [2.05, 4.69) is 35.2 Å². The van der Waals surface area contributed by atoms with E-state index in [9.17, 15) is 10.2 Å². The standard InChI is InChI=1S/C20H23NO2/c22-19-11-9-15-16-7-4-12-21(13-14-5-2-1-3-6-14)18(16)10-8-17(15)20(19)23/h1-3,5-6,9,11,16,18,22-23H,4,7-8,10,12-13H2/t16?,18-/m1/s1. The Hall–Kier alpha value is -2.00. The van der Waals surface area contributed by atoms with Gasteiger partial charge in [-0.15, -0.1) is 0 Å². The normalized spacial score (nSPS) is 24.0. The number of hydrogen-bond donors (Lipinski definition) is 2. The predicted molar refractivity (Wildman–Crippen MR) is 90.7 cm³/mol. The fraction of sp³-hybridized carbons (Fsp3) is 0.400. The van der Waals surface area contributed by atoms with E-state index in [0.717, 1.165) is 31.5 Å². The fourth-order valence-electron chi connectivity index (χ4n) is 4.43. The lowest BCUT2D eigenvalue weighted by atomic mass is 9.74. The fourth-order valence-corrected chi connectivity index (χ4v) is 4.43. The van der Waals surface area contributed by atoms with Gasteiger partial charge in [0.15, 0.2) is 11.5 Å². The first-order valence-corrected chi connectivity index (χ1v) is 8.55. The summed E-state index contributed by atoms with van der Waals surface area (Å²) in [5.74, 6) is 0.586. The molecule has 1 fully saturated rings. The number of nitrogens with zero attached hydrogens (tertiary/aromatic N) is 1. The average Bonchev–Trinajstić information content (AvgIpc) is 2.59. The smallest absolute Gasteiger partial charge is 0.160 e. The molecule has 1 saturated heterocycles. The van der Waals surface area contributed by atoms with Crippen molar-refractivity contribution in [1.29, 1.82) is 0 Å². The maximum atomic E-state index is 10.2. The molecule has 23 heavy (non-hydrogen) atoms. The summed E-state index contributed by atoms with van der Waals surface area (Å²) in [4.78, 5) is 2.61. The maximum absolute atomic E-state index is 10.2. The molecule has 0 aromatic heterocycles. The van der Waals surface area contributed by atoms with Crippen molar-refractivity contribution in [3.8, 4) is 11.5 Å². The molecule has 0 saturated carbocycles. The lowest BCUT2D eigenvalue weighted by Gasteiger charge is -2.45. The summed E-state index contributed by atoms with van der Waals surface area (Å²) in [5, 5.41) is 19.9. The van der Waals surface area contributed by atoms with Crippen LogP contribution in [-0.4, -0.2) is 27.7 Å². The summed E-state index contributed by atoms with van der Waals surface area (Å²) >= 11 is 0. The highest BCUT2D eigenvalue weighted by Crippen LogP contribution is 2.45. The molecule has 2 atom stereocenters. The SMILES string of the molecule is Oc1ccc2c(c1O)CC[C@@H]1C2CCCN1Cc1ccccc1. The van der Waals surface area contributed by atoms with E-state index < -0.39 is 0 Å². The number of piperidine rings is 1. The van der Waals surface area contributed by atoms with E-state index in [1.54, 1.807) is 6.07 Å². The van der Waals surface area contributed by atoms with E-state index in [1.165, 1.54) is 24.0 Å². The molecule has 3 nitrogen and oxygen atoms in total. The van der Waals surface area contributed by atoms with Gasteiger partial charge in [0.1, 0.15) is 0 Å². The van der Waals surface area contributed by atoms with Crippen LogP contribution in [0.2, 0.25) is 0 Å². The van der Waals surface area contributed by atoms with Crippen LogP contribution in [0, 0.1) is 0 Å². The van der Waals surface area contributed by atoms with Gasteiger partial charge >= 0.3 is 0 Å². The van der Waals surface area contributed by atoms with Gasteiger partial charge in [0.2, 0.25) is 0 Å². The van der Waals surface area contributed by atoms with Gasteiger partial charge in [-0.1, -0.05) is 36.4 Å². The van der Waals surface area contributed by atoms with Crippen LogP contribution in [0.3, 0.4) is 0 Å². The van der Waals surface area contributed by atoms with Crippen molar-refractivity contribution in [2.45, 2.75) is 44.2 Å². The van der Waals surface area contributed by atoms with Crippen molar-refractivity contribution >= 4 is 0 Å². The molecule has 2 aromatic carbocycles. The Bertz CT molecular complexity index is 698. The summed E-state index contributed by atoms with van der Waals surface area (Å²) in [5.41, 5.74) is 3.58. The quantitative estimate of drug-likeness (QED) is 0.830. The van der Waals surface area contributed by atoms with Crippen molar-refractivity contribution in [3.05, 3.63) is 59.2 Å².